The smallest absolute Gasteiger partial charge is 0.0700 e. The van der Waals surface area contributed by atoms with Crippen molar-refractivity contribution in [1.82, 2.24) is 0 Å². The normalized spacial score (nSPS) is 12.0. The summed E-state index contributed by atoms with van der Waals surface area (Å²) in [4.78, 5) is 0. The van der Waals surface area contributed by atoms with E-state index in [1.54, 1.807) is 7.11 Å². The minimum Gasteiger partial charge on any atom is -0.382 e. The molecule has 2 heteroatoms. The summed E-state index contributed by atoms with van der Waals surface area (Å²) < 4.78 is 10.4. The molecule has 0 atom stereocenters. The van der Waals surface area contributed by atoms with Crippen LogP contribution >= 0.6 is 0 Å². The summed E-state index contributed by atoms with van der Waals surface area (Å²) in [5, 5.41) is 0. The van der Waals surface area contributed by atoms with Gasteiger partial charge in [-0.3, -0.25) is 0 Å². The monoisotopic (exact) mass is 174 g/mol. The highest BCUT2D eigenvalue weighted by Gasteiger charge is 2.19. The van der Waals surface area contributed by atoms with Crippen molar-refractivity contribution in [2.24, 2.45) is 5.41 Å². The first kappa shape index (κ1) is 11.9. The van der Waals surface area contributed by atoms with Gasteiger partial charge in [-0.25, -0.2) is 0 Å². The predicted octanol–water partition coefficient (Wildman–Crippen LogP) is 2.48. The Morgan fingerprint density at radius 3 is 2.08 bits per heavy atom. The van der Waals surface area contributed by atoms with Crippen molar-refractivity contribution in [3.63, 3.8) is 0 Å². The Labute approximate surface area is 76.3 Å². The number of ether oxygens (including phenoxy) is 2. The topological polar surface area (TPSA) is 18.5 Å². The first-order valence-electron chi connectivity index (χ1n) is 4.75. The van der Waals surface area contributed by atoms with E-state index >= 15 is 0 Å². The summed E-state index contributed by atoms with van der Waals surface area (Å²) in [6.45, 7) is 8.95. The SMILES string of the molecule is CCC(C)(CC)COCCOC. The van der Waals surface area contributed by atoms with E-state index in [1.807, 2.05) is 0 Å². The third-order valence-corrected chi connectivity index (χ3v) is 2.59. The zero-order valence-electron chi connectivity index (χ0n) is 8.85. The number of rotatable bonds is 7. The Bertz CT molecular complexity index is 98.0. The van der Waals surface area contributed by atoms with Crippen molar-refractivity contribution in [3.05, 3.63) is 0 Å². The van der Waals surface area contributed by atoms with Crippen LogP contribution in [-0.4, -0.2) is 26.9 Å². The third-order valence-electron chi connectivity index (χ3n) is 2.59. The molecular formula is C10H22O2. The van der Waals surface area contributed by atoms with Crippen molar-refractivity contribution in [2.75, 3.05) is 26.9 Å². The Balaban J connectivity index is 3.45. The van der Waals surface area contributed by atoms with E-state index in [4.69, 9.17) is 9.47 Å². The Kier molecular flexibility index (Phi) is 6.39. The van der Waals surface area contributed by atoms with Crippen LogP contribution in [0.25, 0.3) is 0 Å². The molecule has 12 heavy (non-hydrogen) atoms. The molecule has 0 aliphatic heterocycles. The molecule has 2 nitrogen and oxygen atoms in total. The molecular weight excluding hydrogens is 152 g/mol. The molecule has 0 aromatic heterocycles. The van der Waals surface area contributed by atoms with E-state index < -0.39 is 0 Å². The lowest BCUT2D eigenvalue weighted by Gasteiger charge is -2.26. The van der Waals surface area contributed by atoms with Crippen LogP contribution < -0.4 is 0 Å². The maximum atomic E-state index is 5.50. The van der Waals surface area contributed by atoms with E-state index in [2.05, 4.69) is 20.8 Å². The van der Waals surface area contributed by atoms with Crippen molar-refractivity contribution in [1.29, 1.82) is 0 Å². The third kappa shape index (κ3) is 4.73. The first-order chi connectivity index (χ1) is 5.68. The molecule has 0 aromatic rings. The summed E-state index contributed by atoms with van der Waals surface area (Å²) in [6.07, 6.45) is 2.35. The number of hydrogen-bond donors (Lipinski definition) is 0. The molecule has 0 aromatic carbocycles. The van der Waals surface area contributed by atoms with Crippen LogP contribution in [0.15, 0.2) is 0 Å². The minimum atomic E-state index is 0.355. The number of methoxy groups -OCH3 is 1. The van der Waals surface area contributed by atoms with Crippen molar-refractivity contribution in [2.45, 2.75) is 33.6 Å². The molecule has 0 amide bonds. The Morgan fingerprint density at radius 2 is 1.67 bits per heavy atom. The molecule has 0 bridgehead atoms. The first-order valence-corrected chi connectivity index (χ1v) is 4.75. The minimum absolute atomic E-state index is 0.355. The van der Waals surface area contributed by atoms with Gasteiger partial charge in [0, 0.05) is 7.11 Å². The van der Waals surface area contributed by atoms with Gasteiger partial charge in [0.1, 0.15) is 0 Å². The zero-order chi connectivity index (χ0) is 9.45. The summed E-state index contributed by atoms with van der Waals surface area (Å²) in [5.74, 6) is 0. The van der Waals surface area contributed by atoms with Gasteiger partial charge >= 0.3 is 0 Å². The molecule has 0 N–H and O–H groups in total. The predicted molar refractivity (Wildman–Crippen MR) is 51.4 cm³/mol. The van der Waals surface area contributed by atoms with E-state index in [1.165, 1.54) is 12.8 Å². The van der Waals surface area contributed by atoms with Crippen molar-refractivity contribution >= 4 is 0 Å². The molecule has 0 heterocycles. The van der Waals surface area contributed by atoms with Crippen LogP contribution in [0.1, 0.15) is 33.6 Å². The highest BCUT2D eigenvalue weighted by atomic mass is 16.5. The van der Waals surface area contributed by atoms with Gasteiger partial charge in [-0.1, -0.05) is 20.8 Å². The van der Waals surface area contributed by atoms with E-state index in [0.717, 1.165) is 6.61 Å². The quantitative estimate of drug-likeness (QED) is 0.552. The number of hydrogen-bond acceptors (Lipinski definition) is 2. The van der Waals surface area contributed by atoms with Gasteiger partial charge in [-0.05, 0) is 18.3 Å². The summed E-state index contributed by atoms with van der Waals surface area (Å²) >= 11 is 0. The molecule has 0 radical (unpaired) electrons. The average molecular weight is 174 g/mol. The van der Waals surface area contributed by atoms with E-state index in [-0.39, 0.29) is 0 Å². The van der Waals surface area contributed by atoms with Crippen LogP contribution in [0.4, 0.5) is 0 Å². The van der Waals surface area contributed by atoms with Gasteiger partial charge in [-0.2, -0.15) is 0 Å². The van der Waals surface area contributed by atoms with Crippen LogP contribution in [-0.2, 0) is 9.47 Å². The Hall–Kier alpha value is -0.0800. The molecule has 0 aliphatic carbocycles. The van der Waals surface area contributed by atoms with Crippen molar-refractivity contribution in [3.8, 4) is 0 Å². The maximum Gasteiger partial charge on any atom is 0.0700 e. The molecule has 0 aliphatic rings. The standard InChI is InChI=1S/C10H22O2/c1-5-10(3,6-2)9-12-8-7-11-4/h5-9H2,1-4H3. The van der Waals surface area contributed by atoms with Gasteiger partial charge < -0.3 is 9.47 Å². The van der Waals surface area contributed by atoms with Gasteiger partial charge in [0.15, 0.2) is 0 Å². The second-order valence-corrected chi connectivity index (χ2v) is 3.56. The molecule has 0 fully saturated rings. The van der Waals surface area contributed by atoms with E-state index in [9.17, 15) is 0 Å². The van der Waals surface area contributed by atoms with Gasteiger partial charge in [-0.15, -0.1) is 0 Å². The largest absolute Gasteiger partial charge is 0.382 e. The lowest BCUT2D eigenvalue weighted by atomic mass is 9.86. The highest BCUT2D eigenvalue weighted by Crippen LogP contribution is 2.25. The summed E-state index contributed by atoms with van der Waals surface area (Å²) in [5.41, 5.74) is 0.355. The Morgan fingerprint density at radius 1 is 1.08 bits per heavy atom. The van der Waals surface area contributed by atoms with Crippen LogP contribution in [0.5, 0.6) is 0 Å². The van der Waals surface area contributed by atoms with Gasteiger partial charge in [0.2, 0.25) is 0 Å². The van der Waals surface area contributed by atoms with Crippen molar-refractivity contribution < 1.29 is 9.47 Å². The summed E-state index contributed by atoms with van der Waals surface area (Å²) in [7, 11) is 1.70. The fraction of sp³-hybridized carbons (Fsp3) is 1.00. The van der Waals surface area contributed by atoms with E-state index in [0.29, 0.717) is 18.6 Å². The van der Waals surface area contributed by atoms with Crippen LogP contribution in [0.3, 0.4) is 0 Å². The average Bonchev–Trinajstić information content (AvgIpc) is 2.12. The van der Waals surface area contributed by atoms with Crippen LogP contribution in [0.2, 0.25) is 0 Å². The molecule has 0 spiro atoms. The second-order valence-electron chi connectivity index (χ2n) is 3.56. The molecule has 0 saturated carbocycles. The maximum absolute atomic E-state index is 5.50. The second kappa shape index (κ2) is 6.44. The molecule has 74 valence electrons. The van der Waals surface area contributed by atoms with Gasteiger partial charge in [0.05, 0.1) is 19.8 Å². The summed E-state index contributed by atoms with van der Waals surface area (Å²) in [6, 6.07) is 0. The lowest BCUT2D eigenvalue weighted by molar-refractivity contribution is 0.0186. The fourth-order valence-electron chi connectivity index (χ4n) is 0.915. The fourth-order valence-corrected chi connectivity index (χ4v) is 0.915. The zero-order valence-corrected chi connectivity index (χ0v) is 8.85. The van der Waals surface area contributed by atoms with Crippen LogP contribution in [0, 0.1) is 5.41 Å². The molecule has 0 unspecified atom stereocenters. The molecule has 0 saturated heterocycles. The molecule has 0 rings (SSSR count). The lowest BCUT2D eigenvalue weighted by Crippen LogP contribution is -2.22. The van der Waals surface area contributed by atoms with Gasteiger partial charge in [0.25, 0.3) is 0 Å². The highest BCUT2D eigenvalue weighted by molar-refractivity contribution is 4.69.